The Labute approximate surface area is 135 Å². The molecule has 23 heavy (non-hydrogen) atoms. The van der Waals surface area contributed by atoms with E-state index in [4.69, 9.17) is 9.93 Å². The molecule has 0 saturated heterocycles. The van der Waals surface area contributed by atoms with Crippen LogP contribution in [0.5, 0.6) is 0 Å². The van der Waals surface area contributed by atoms with E-state index in [-0.39, 0.29) is 0 Å². The lowest BCUT2D eigenvalue weighted by molar-refractivity contribution is 0.322. The maximum Gasteiger partial charge on any atom is 0.246 e. The van der Waals surface area contributed by atoms with Crippen molar-refractivity contribution in [3.8, 4) is 22.5 Å². The largest absolute Gasteiger partial charge is 0.354 e. The van der Waals surface area contributed by atoms with Gasteiger partial charge in [0.25, 0.3) is 0 Å². The lowest BCUT2D eigenvalue weighted by Gasteiger charge is -2.12. The van der Waals surface area contributed by atoms with Gasteiger partial charge in [0.1, 0.15) is 0 Å². The van der Waals surface area contributed by atoms with E-state index in [1.165, 1.54) is 11.9 Å². The predicted molar refractivity (Wildman–Crippen MR) is 90.0 cm³/mol. The minimum atomic E-state index is 0.453. The second-order valence-electron chi connectivity index (χ2n) is 5.15. The molecule has 0 aliphatic heterocycles. The minimum Gasteiger partial charge on any atom is -0.354 e. The van der Waals surface area contributed by atoms with Crippen molar-refractivity contribution in [1.82, 2.24) is 15.0 Å². The van der Waals surface area contributed by atoms with Gasteiger partial charge in [-0.1, -0.05) is 59.8 Å². The fourth-order valence-electron chi connectivity index (χ4n) is 2.30. The van der Waals surface area contributed by atoms with Crippen LogP contribution >= 0.6 is 0 Å². The van der Waals surface area contributed by atoms with Gasteiger partial charge in [-0.05, 0) is 18.1 Å². The summed E-state index contributed by atoms with van der Waals surface area (Å²) in [4.78, 5) is 6.18. The van der Waals surface area contributed by atoms with Gasteiger partial charge in [-0.2, -0.15) is 4.98 Å². The summed E-state index contributed by atoms with van der Waals surface area (Å²) in [6.45, 7) is 3.16. The van der Waals surface area contributed by atoms with Gasteiger partial charge < -0.3 is 9.42 Å². The van der Waals surface area contributed by atoms with Crippen molar-refractivity contribution >= 4 is 6.34 Å². The number of benzene rings is 2. The molecule has 0 fully saturated rings. The molecule has 0 aliphatic rings. The maximum absolute atomic E-state index is 7.30. The summed E-state index contributed by atoms with van der Waals surface area (Å²) >= 11 is 0. The third kappa shape index (κ3) is 3.45. The first-order valence-corrected chi connectivity index (χ1v) is 7.53. The van der Waals surface area contributed by atoms with E-state index >= 15 is 0 Å². The van der Waals surface area contributed by atoms with E-state index in [0.29, 0.717) is 18.3 Å². The molecule has 0 bridgehead atoms. The Morgan fingerprint density at radius 2 is 1.65 bits per heavy atom. The zero-order valence-corrected chi connectivity index (χ0v) is 12.9. The molecule has 0 radical (unpaired) electrons. The summed E-state index contributed by atoms with van der Waals surface area (Å²) in [5, 5.41) is 11.3. The molecule has 116 valence electrons. The highest BCUT2D eigenvalue weighted by Gasteiger charge is 2.10. The summed E-state index contributed by atoms with van der Waals surface area (Å²) in [5.74, 6) is 1.08. The summed E-state index contributed by atoms with van der Waals surface area (Å²) in [7, 11) is 0. The Balaban J connectivity index is 1.78. The van der Waals surface area contributed by atoms with Crippen LogP contribution in [-0.2, 0) is 6.54 Å². The molecule has 0 saturated carbocycles. The Hall–Kier alpha value is -2.95. The summed E-state index contributed by atoms with van der Waals surface area (Å²) < 4.78 is 5.26. The molecule has 0 atom stereocenters. The van der Waals surface area contributed by atoms with E-state index in [9.17, 15) is 0 Å². The third-order valence-electron chi connectivity index (χ3n) is 3.65. The average molecular weight is 306 g/mol. The minimum absolute atomic E-state index is 0.453. The molecule has 3 aromatic rings. The topological polar surface area (TPSA) is 66.0 Å². The third-order valence-corrected chi connectivity index (χ3v) is 3.65. The first-order chi connectivity index (χ1) is 11.3. The lowest BCUT2D eigenvalue weighted by atomic mass is 10.0. The standard InChI is InChI=1S/C18H18N4O/c1-2-22(13-19)12-17-20-18(21-23-17)16-10-8-15(9-11-16)14-6-4-3-5-7-14/h3-11,13,19H,2,12H2,1H3. The van der Waals surface area contributed by atoms with Crippen molar-refractivity contribution < 1.29 is 4.52 Å². The molecule has 0 unspecified atom stereocenters. The van der Waals surface area contributed by atoms with Crippen LogP contribution in [0.1, 0.15) is 12.8 Å². The van der Waals surface area contributed by atoms with Gasteiger partial charge in [0, 0.05) is 12.1 Å². The molecule has 0 spiro atoms. The van der Waals surface area contributed by atoms with E-state index in [2.05, 4.69) is 34.4 Å². The zero-order chi connectivity index (χ0) is 16.1. The fraction of sp³-hybridized carbons (Fsp3) is 0.167. The van der Waals surface area contributed by atoms with Crippen molar-refractivity contribution in [2.75, 3.05) is 6.54 Å². The van der Waals surface area contributed by atoms with Crippen LogP contribution in [0.3, 0.4) is 0 Å². The fourth-order valence-corrected chi connectivity index (χ4v) is 2.30. The maximum atomic E-state index is 7.30. The van der Waals surface area contributed by atoms with Crippen LogP contribution in [0, 0.1) is 5.41 Å². The Kier molecular flexibility index (Phi) is 4.47. The number of aromatic nitrogens is 2. The van der Waals surface area contributed by atoms with Gasteiger partial charge in [-0.3, -0.25) is 5.41 Å². The van der Waals surface area contributed by atoms with Gasteiger partial charge in [-0.25, -0.2) is 0 Å². The van der Waals surface area contributed by atoms with Gasteiger partial charge >= 0.3 is 0 Å². The van der Waals surface area contributed by atoms with Crippen LogP contribution in [0.2, 0.25) is 0 Å². The number of rotatable bonds is 6. The zero-order valence-electron chi connectivity index (χ0n) is 12.9. The smallest absolute Gasteiger partial charge is 0.246 e. The van der Waals surface area contributed by atoms with Gasteiger partial charge in [0.15, 0.2) is 0 Å². The van der Waals surface area contributed by atoms with Crippen LogP contribution < -0.4 is 0 Å². The van der Waals surface area contributed by atoms with Crippen molar-refractivity contribution in [3.63, 3.8) is 0 Å². The van der Waals surface area contributed by atoms with E-state index in [1.807, 2.05) is 37.3 Å². The second-order valence-corrected chi connectivity index (χ2v) is 5.15. The molecule has 2 aromatic carbocycles. The molecular weight excluding hydrogens is 288 g/mol. The Bertz CT molecular complexity index is 765. The molecule has 1 N–H and O–H groups in total. The molecule has 0 aliphatic carbocycles. The van der Waals surface area contributed by atoms with E-state index in [1.54, 1.807) is 4.90 Å². The van der Waals surface area contributed by atoms with Crippen molar-refractivity contribution in [1.29, 1.82) is 5.41 Å². The SMILES string of the molecule is CCN(C=N)Cc1nc(-c2ccc(-c3ccccc3)cc2)no1. The molecule has 5 heteroatoms. The van der Waals surface area contributed by atoms with Crippen LogP contribution in [0.4, 0.5) is 0 Å². The van der Waals surface area contributed by atoms with E-state index < -0.39 is 0 Å². The van der Waals surface area contributed by atoms with Crippen molar-refractivity contribution in [2.45, 2.75) is 13.5 Å². The summed E-state index contributed by atoms with van der Waals surface area (Å²) in [6, 6.07) is 18.3. The first-order valence-electron chi connectivity index (χ1n) is 7.53. The molecule has 1 heterocycles. The molecule has 0 amide bonds. The quantitative estimate of drug-likeness (QED) is 0.555. The van der Waals surface area contributed by atoms with Crippen LogP contribution in [0.15, 0.2) is 59.1 Å². The summed E-state index contributed by atoms with van der Waals surface area (Å²) in [6.07, 6.45) is 1.28. The number of hydrogen-bond donors (Lipinski definition) is 1. The first kappa shape index (κ1) is 15.0. The number of nitrogens with one attached hydrogen (secondary N) is 1. The Morgan fingerprint density at radius 1 is 1.00 bits per heavy atom. The van der Waals surface area contributed by atoms with Crippen molar-refractivity contribution in [2.24, 2.45) is 0 Å². The molecule has 1 aromatic heterocycles. The normalized spacial score (nSPS) is 10.5. The highest BCUT2D eigenvalue weighted by molar-refractivity contribution is 5.67. The molecular formula is C18H18N4O. The monoisotopic (exact) mass is 306 g/mol. The Morgan fingerprint density at radius 3 is 2.30 bits per heavy atom. The molecule has 3 rings (SSSR count). The van der Waals surface area contributed by atoms with Gasteiger partial charge in [0.2, 0.25) is 11.7 Å². The highest BCUT2D eigenvalue weighted by Crippen LogP contribution is 2.23. The highest BCUT2D eigenvalue weighted by atomic mass is 16.5. The number of nitrogens with zero attached hydrogens (tertiary/aromatic N) is 3. The van der Waals surface area contributed by atoms with Gasteiger partial charge in [0.05, 0.1) is 12.9 Å². The lowest BCUT2D eigenvalue weighted by Crippen LogP contribution is -2.20. The second kappa shape index (κ2) is 6.87. The van der Waals surface area contributed by atoms with Gasteiger partial charge in [-0.15, -0.1) is 0 Å². The summed E-state index contributed by atoms with van der Waals surface area (Å²) in [5.41, 5.74) is 3.24. The van der Waals surface area contributed by atoms with E-state index in [0.717, 1.165) is 17.7 Å². The predicted octanol–water partition coefficient (Wildman–Crippen LogP) is 3.83. The number of hydrogen-bond acceptors (Lipinski definition) is 4. The van der Waals surface area contributed by atoms with Crippen LogP contribution in [-0.4, -0.2) is 27.9 Å². The molecule has 5 nitrogen and oxygen atoms in total. The van der Waals surface area contributed by atoms with Crippen LogP contribution in [0.25, 0.3) is 22.5 Å². The average Bonchev–Trinajstić information content (AvgIpc) is 3.09. The van der Waals surface area contributed by atoms with Crippen molar-refractivity contribution in [3.05, 3.63) is 60.5 Å².